The largest absolute Gasteiger partial charge is 0.486 e. The van der Waals surface area contributed by atoms with Gasteiger partial charge in [0.2, 0.25) is 5.91 Å². The molecule has 0 saturated heterocycles. The van der Waals surface area contributed by atoms with E-state index in [-0.39, 0.29) is 18.3 Å². The average molecular weight is 458 g/mol. The quantitative estimate of drug-likeness (QED) is 0.343. The lowest BCUT2D eigenvalue weighted by Crippen LogP contribution is -2.15. The molecule has 31 heavy (non-hydrogen) atoms. The molecule has 3 aromatic rings. The Morgan fingerprint density at radius 1 is 1.26 bits per heavy atom. The number of pyridine rings is 1. The van der Waals surface area contributed by atoms with Gasteiger partial charge in [-0.3, -0.25) is 9.36 Å². The summed E-state index contributed by atoms with van der Waals surface area (Å²) in [6.07, 6.45) is 3.24. The molecule has 2 heterocycles. The van der Waals surface area contributed by atoms with Crippen LogP contribution in [0.15, 0.2) is 60.4 Å². The first-order valence-corrected chi connectivity index (χ1v) is 11.1. The van der Waals surface area contributed by atoms with E-state index in [1.54, 1.807) is 18.2 Å². The minimum Gasteiger partial charge on any atom is -0.486 e. The molecule has 0 fully saturated rings. The molecule has 0 aliphatic rings. The average Bonchev–Trinajstić information content (AvgIpc) is 3.14. The molecule has 0 aliphatic heterocycles. The zero-order valence-corrected chi connectivity index (χ0v) is 19.0. The maximum atomic E-state index is 12.2. The SMILES string of the molecule is C=CCn1c(COc2ccc(C(C)C)cc2)nnc1SCC(=O)Nc1ccc(Cl)cn1. The van der Waals surface area contributed by atoms with Crippen LogP contribution in [0.1, 0.15) is 31.2 Å². The molecule has 162 valence electrons. The molecule has 0 radical (unpaired) electrons. The summed E-state index contributed by atoms with van der Waals surface area (Å²) in [7, 11) is 0. The van der Waals surface area contributed by atoms with Crippen LogP contribution in [0.2, 0.25) is 5.02 Å². The van der Waals surface area contributed by atoms with Crippen LogP contribution >= 0.6 is 23.4 Å². The summed E-state index contributed by atoms with van der Waals surface area (Å²) in [5.74, 6) is 2.31. The van der Waals surface area contributed by atoms with Gasteiger partial charge in [0.1, 0.15) is 18.2 Å². The van der Waals surface area contributed by atoms with Crippen molar-refractivity contribution in [3.8, 4) is 5.75 Å². The summed E-state index contributed by atoms with van der Waals surface area (Å²) < 4.78 is 7.76. The number of hydrogen-bond acceptors (Lipinski definition) is 6. The van der Waals surface area contributed by atoms with Crippen LogP contribution in [0.3, 0.4) is 0 Å². The second kappa shape index (κ2) is 11.0. The molecular weight excluding hydrogens is 434 g/mol. The Labute approximate surface area is 190 Å². The first kappa shape index (κ1) is 22.8. The molecule has 0 spiro atoms. The Hall–Kier alpha value is -2.84. The van der Waals surface area contributed by atoms with E-state index in [1.807, 2.05) is 16.7 Å². The fourth-order valence-corrected chi connectivity index (χ4v) is 3.58. The molecule has 1 aromatic carbocycles. The van der Waals surface area contributed by atoms with Gasteiger partial charge in [0.05, 0.1) is 10.8 Å². The smallest absolute Gasteiger partial charge is 0.236 e. The van der Waals surface area contributed by atoms with Crippen molar-refractivity contribution < 1.29 is 9.53 Å². The zero-order valence-electron chi connectivity index (χ0n) is 17.4. The molecule has 0 atom stereocenters. The minimum atomic E-state index is -0.198. The van der Waals surface area contributed by atoms with Crippen molar-refractivity contribution >= 4 is 35.1 Å². The highest BCUT2D eigenvalue weighted by atomic mass is 35.5. The maximum Gasteiger partial charge on any atom is 0.236 e. The van der Waals surface area contributed by atoms with Crippen LogP contribution in [0, 0.1) is 0 Å². The lowest BCUT2D eigenvalue weighted by atomic mass is 10.0. The third-order valence-electron chi connectivity index (χ3n) is 4.35. The molecule has 9 heteroatoms. The molecule has 0 aliphatic carbocycles. The number of allylic oxidation sites excluding steroid dienone is 1. The fraction of sp³-hybridized carbons (Fsp3) is 0.273. The predicted molar refractivity (Wildman–Crippen MR) is 124 cm³/mol. The first-order chi connectivity index (χ1) is 15.0. The molecule has 1 N–H and O–H groups in total. The van der Waals surface area contributed by atoms with Crippen molar-refractivity contribution in [1.82, 2.24) is 19.7 Å². The van der Waals surface area contributed by atoms with Gasteiger partial charge in [-0.1, -0.05) is 55.4 Å². The van der Waals surface area contributed by atoms with Gasteiger partial charge in [0.15, 0.2) is 11.0 Å². The number of anilines is 1. The fourth-order valence-electron chi connectivity index (χ4n) is 2.70. The minimum absolute atomic E-state index is 0.164. The Balaban J connectivity index is 1.59. The highest BCUT2D eigenvalue weighted by Crippen LogP contribution is 2.21. The van der Waals surface area contributed by atoms with E-state index in [4.69, 9.17) is 16.3 Å². The van der Waals surface area contributed by atoms with Crippen LogP contribution in [0.5, 0.6) is 5.75 Å². The van der Waals surface area contributed by atoms with Crippen LogP contribution in [-0.4, -0.2) is 31.4 Å². The number of nitrogens with zero attached hydrogens (tertiary/aromatic N) is 4. The van der Waals surface area contributed by atoms with E-state index >= 15 is 0 Å². The van der Waals surface area contributed by atoms with Gasteiger partial charge in [0, 0.05) is 12.7 Å². The van der Waals surface area contributed by atoms with Crippen molar-refractivity contribution in [2.45, 2.75) is 38.1 Å². The van der Waals surface area contributed by atoms with Crippen LogP contribution in [0.25, 0.3) is 0 Å². The summed E-state index contributed by atoms with van der Waals surface area (Å²) in [5, 5.41) is 12.3. The second-order valence-corrected chi connectivity index (χ2v) is 8.39. The molecule has 0 unspecified atom stereocenters. The summed E-state index contributed by atoms with van der Waals surface area (Å²) in [4.78, 5) is 16.3. The number of aromatic nitrogens is 4. The van der Waals surface area contributed by atoms with Crippen LogP contribution in [-0.2, 0) is 17.9 Å². The van der Waals surface area contributed by atoms with Gasteiger partial charge >= 0.3 is 0 Å². The number of benzene rings is 1. The zero-order chi connectivity index (χ0) is 22.2. The Kier molecular flexibility index (Phi) is 8.08. The van der Waals surface area contributed by atoms with E-state index in [9.17, 15) is 4.79 Å². The Morgan fingerprint density at radius 2 is 2.03 bits per heavy atom. The van der Waals surface area contributed by atoms with Gasteiger partial charge < -0.3 is 10.1 Å². The molecule has 2 aromatic heterocycles. The van der Waals surface area contributed by atoms with Crippen LogP contribution < -0.4 is 10.1 Å². The van der Waals surface area contributed by atoms with E-state index in [1.165, 1.54) is 23.5 Å². The van der Waals surface area contributed by atoms with E-state index in [0.29, 0.717) is 34.3 Å². The van der Waals surface area contributed by atoms with Gasteiger partial charge in [0.25, 0.3) is 0 Å². The van der Waals surface area contributed by atoms with Crippen molar-refractivity contribution in [3.63, 3.8) is 0 Å². The summed E-state index contributed by atoms with van der Waals surface area (Å²) in [6.45, 7) is 8.88. The molecule has 1 amide bonds. The first-order valence-electron chi connectivity index (χ1n) is 9.76. The maximum absolute atomic E-state index is 12.2. The summed E-state index contributed by atoms with van der Waals surface area (Å²) >= 11 is 7.09. The van der Waals surface area contributed by atoms with Gasteiger partial charge in [-0.05, 0) is 35.7 Å². The predicted octanol–water partition coefficient (Wildman–Crippen LogP) is 4.95. The second-order valence-electron chi connectivity index (χ2n) is 7.01. The Bertz CT molecular complexity index is 1020. The highest BCUT2D eigenvalue weighted by Gasteiger charge is 2.14. The number of hydrogen-bond donors (Lipinski definition) is 1. The molecule has 7 nitrogen and oxygen atoms in total. The lowest BCUT2D eigenvalue weighted by molar-refractivity contribution is -0.113. The van der Waals surface area contributed by atoms with E-state index < -0.39 is 0 Å². The standard InChI is InChI=1S/C22H24ClN5O2S/c1-4-11-28-20(13-30-18-8-5-16(6-9-18)15(2)3)26-27-22(28)31-14-21(29)25-19-10-7-17(23)12-24-19/h4-10,12,15H,1,11,13-14H2,2-3H3,(H,24,25,29). The lowest BCUT2D eigenvalue weighted by Gasteiger charge is -2.10. The van der Waals surface area contributed by atoms with Crippen molar-refractivity contribution in [1.29, 1.82) is 0 Å². The third-order valence-corrected chi connectivity index (χ3v) is 5.54. The number of carbonyl (C=O) groups is 1. The number of carbonyl (C=O) groups excluding carboxylic acids is 1. The van der Waals surface area contributed by atoms with Gasteiger partial charge in [-0.25, -0.2) is 4.98 Å². The number of nitrogens with one attached hydrogen (secondary N) is 1. The molecule has 0 saturated carbocycles. The number of rotatable bonds is 10. The summed E-state index contributed by atoms with van der Waals surface area (Å²) in [6, 6.07) is 11.3. The third kappa shape index (κ3) is 6.57. The topological polar surface area (TPSA) is 81.9 Å². The van der Waals surface area contributed by atoms with Crippen LogP contribution in [0.4, 0.5) is 5.82 Å². The number of thioether (sulfide) groups is 1. The van der Waals surface area contributed by atoms with Crippen molar-refractivity contribution in [2.75, 3.05) is 11.1 Å². The Morgan fingerprint density at radius 3 is 2.68 bits per heavy atom. The monoisotopic (exact) mass is 457 g/mol. The van der Waals surface area contributed by atoms with Gasteiger partial charge in [-0.2, -0.15) is 0 Å². The number of ether oxygens (including phenoxy) is 1. The molecule has 3 rings (SSSR count). The van der Waals surface area contributed by atoms with E-state index in [0.717, 1.165) is 5.75 Å². The highest BCUT2D eigenvalue weighted by molar-refractivity contribution is 7.99. The number of halogens is 1. The normalized spacial score (nSPS) is 10.8. The van der Waals surface area contributed by atoms with Crippen molar-refractivity contribution in [3.05, 3.63) is 71.7 Å². The molecular formula is C22H24ClN5O2S. The number of amides is 1. The molecule has 0 bridgehead atoms. The van der Waals surface area contributed by atoms with Crippen molar-refractivity contribution in [2.24, 2.45) is 0 Å². The summed E-state index contributed by atoms with van der Waals surface area (Å²) in [5.41, 5.74) is 1.26. The van der Waals surface area contributed by atoms with Gasteiger partial charge in [-0.15, -0.1) is 16.8 Å². The van der Waals surface area contributed by atoms with E-state index in [2.05, 4.69) is 53.1 Å².